The molecule has 3 rings (SSSR count). The summed E-state index contributed by atoms with van der Waals surface area (Å²) in [6, 6.07) is 8.80. The highest BCUT2D eigenvalue weighted by atomic mass is 79.9. The molecule has 0 saturated carbocycles. The van der Waals surface area contributed by atoms with E-state index in [4.69, 9.17) is 14.2 Å². The van der Waals surface area contributed by atoms with Crippen LogP contribution in [0.2, 0.25) is 0 Å². The monoisotopic (exact) mass is 579 g/mol. The molecule has 0 N–H and O–H groups in total. The standard InChI is InChI=1S/C23H23Br2N3O5/c1-5-20-27-18-8-7-15(24)10-17(18)22(29)28(20)26-12-14-9-16(25)11-19(31-4)21(14)33-13(3)23(30)32-6-2/h7-13H,5-6H2,1-4H3/t13-/m0/s1. The molecular weight excluding hydrogens is 558 g/mol. The number of fused-ring (bicyclic) bond motifs is 1. The predicted molar refractivity (Wildman–Crippen MR) is 133 cm³/mol. The molecule has 0 amide bonds. The smallest absolute Gasteiger partial charge is 0.347 e. The Morgan fingerprint density at radius 1 is 1.21 bits per heavy atom. The van der Waals surface area contributed by atoms with E-state index in [9.17, 15) is 9.59 Å². The van der Waals surface area contributed by atoms with Gasteiger partial charge in [-0.3, -0.25) is 4.79 Å². The molecule has 3 aromatic rings. The number of rotatable bonds is 8. The molecule has 0 bridgehead atoms. The first kappa shape index (κ1) is 24.9. The van der Waals surface area contributed by atoms with Gasteiger partial charge >= 0.3 is 5.97 Å². The highest BCUT2D eigenvalue weighted by Gasteiger charge is 2.21. The fourth-order valence-electron chi connectivity index (χ4n) is 3.11. The van der Waals surface area contributed by atoms with Crippen LogP contribution < -0.4 is 15.0 Å². The van der Waals surface area contributed by atoms with E-state index >= 15 is 0 Å². The molecular formula is C23H23Br2N3O5. The second kappa shape index (κ2) is 10.9. The number of ether oxygens (including phenoxy) is 3. The van der Waals surface area contributed by atoms with Crippen LogP contribution >= 0.6 is 31.9 Å². The van der Waals surface area contributed by atoms with Crippen molar-refractivity contribution in [1.29, 1.82) is 0 Å². The van der Waals surface area contributed by atoms with E-state index < -0.39 is 12.1 Å². The van der Waals surface area contributed by atoms with Crippen molar-refractivity contribution in [1.82, 2.24) is 9.66 Å². The average Bonchev–Trinajstić information content (AvgIpc) is 2.79. The van der Waals surface area contributed by atoms with E-state index in [1.807, 2.05) is 13.0 Å². The van der Waals surface area contributed by atoms with Gasteiger partial charge < -0.3 is 14.2 Å². The summed E-state index contributed by atoms with van der Waals surface area (Å²) < 4.78 is 19.1. The zero-order valence-electron chi connectivity index (χ0n) is 18.6. The van der Waals surface area contributed by atoms with Crippen molar-refractivity contribution in [2.24, 2.45) is 5.10 Å². The minimum absolute atomic E-state index is 0.242. The Hall–Kier alpha value is -2.72. The molecule has 0 radical (unpaired) electrons. The van der Waals surface area contributed by atoms with E-state index in [0.29, 0.717) is 44.7 Å². The minimum atomic E-state index is -0.874. The Morgan fingerprint density at radius 3 is 2.64 bits per heavy atom. The molecule has 0 aliphatic heterocycles. The van der Waals surface area contributed by atoms with Crippen LogP contribution in [0.3, 0.4) is 0 Å². The van der Waals surface area contributed by atoms with Crippen LogP contribution in [0.1, 0.15) is 32.2 Å². The quantitative estimate of drug-likeness (QED) is 0.283. The number of hydrogen-bond donors (Lipinski definition) is 0. The first-order chi connectivity index (χ1) is 15.8. The van der Waals surface area contributed by atoms with E-state index in [1.54, 1.807) is 38.1 Å². The molecule has 0 fully saturated rings. The summed E-state index contributed by atoms with van der Waals surface area (Å²) in [5, 5.41) is 4.86. The molecule has 174 valence electrons. The number of carbonyl (C=O) groups excluding carboxylic acids is 1. The van der Waals surface area contributed by atoms with Gasteiger partial charge in [-0.15, -0.1) is 0 Å². The van der Waals surface area contributed by atoms with Gasteiger partial charge in [0, 0.05) is 20.9 Å². The van der Waals surface area contributed by atoms with Gasteiger partial charge in [-0.2, -0.15) is 9.78 Å². The summed E-state index contributed by atoms with van der Waals surface area (Å²) in [6.07, 6.45) is 1.11. The predicted octanol–water partition coefficient (Wildman–Crippen LogP) is 4.71. The first-order valence-electron chi connectivity index (χ1n) is 10.2. The third-order valence-corrected chi connectivity index (χ3v) is 5.64. The Labute approximate surface area is 207 Å². The van der Waals surface area contributed by atoms with Crippen molar-refractivity contribution in [3.05, 3.63) is 61.0 Å². The van der Waals surface area contributed by atoms with E-state index in [2.05, 4.69) is 41.9 Å². The molecule has 0 aliphatic rings. The molecule has 0 saturated heterocycles. The number of nitrogens with zero attached hydrogens (tertiary/aromatic N) is 3. The van der Waals surface area contributed by atoms with Gasteiger partial charge in [-0.1, -0.05) is 38.8 Å². The van der Waals surface area contributed by atoms with Gasteiger partial charge in [0.15, 0.2) is 17.6 Å². The number of methoxy groups -OCH3 is 1. The summed E-state index contributed by atoms with van der Waals surface area (Å²) in [5.74, 6) is 0.702. The van der Waals surface area contributed by atoms with E-state index in [0.717, 1.165) is 4.47 Å². The molecule has 0 aliphatic carbocycles. The van der Waals surface area contributed by atoms with Crippen LogP contribution in [0.25, 0.3) is 10.9 Å². The van der Waals surface area contributed by atoms with Gasteiger partial charge in [0.25, 0.3) is 5.56 Å². The van der Waals surface area contributed by atoms with Crippen molar-refractivity contribution >= 4 is 54.9 Å². The summed E-state index contributed by atoms with van der Waals surface area (Å²) >= 11 is 6.84. The number of carbonyl (C=O) groups is 1. The number of benzene rings is 2. The fourth-order valence-corrected chi connectivity index (χ4v) is 3.93. The highest BCUT2D eigenvalue weighted by Crippen LogP contribution is 2.35. The Kier molecular flexibility index (Phi) is 8.25. The van der Waals surface area contributed by atoms with Crippen molar-refractivity contribution < 1.29 is 19.0 Å². The van der Waals surface area contributed by atoms with Gasteiger partial charge in [0.1, 0.15) is 5.82 Å². The van der Waals surface area contributed by atoms with Crippen LogP contribution in [-0.2, 0) is 16.0 Å². The van der Waals surface area contributed by atoms with Gasteiger partial charge in [0.05, 0.1) is 30.8 Å². The lowest BCUT2D eigenvalue weighted by atomic mass is 10.2. The summed E-state index contributed by atoms with van der Waals surface area (Å²) in [6.45, 7) is 5.45. The molecule has 1 aromatic heterocycles. The molecule has 10 heteroatoms. The second-order valence-electron chi connectivity index (χ2n) is 6.94. The van der Waals surface area contributed by atoms with Crippen molar-refractivity contribution in [2.75, 3.05) is 13.7 Å². The molecule has 2 aromatic carbocycles. The molecule has 0 spiro atoms. The maximum Gasteiger partial charge on any atom is 0.347 e. The van der Waals surface area contributed by atoms with Crippen molar-refractivity contribution in [3.8, 4) is 11.5 Å². The Balaban J connectivity index is 2.11. The molecule has 1 atom stereocenters. The fraction of sp³-hybridized carbons (Fsp3) is 0.304. The Morgan fingerprint density at radius 2 is 1.97 bits per heavy atom. The lowest BCUT2D eigenvalue weighted by Gasteiger charge is -2.18. The van der Waals surface area contributed by atoms with Crippen LogP contribution in [-0.4, -0.2) is 41.7 Å². The van der Waals surface area contributed by atoms with E-state index in [1.165, 1.54) is 18.0 Å². The summed E-state index contributed by atoms with van der Waals surface area (Å²) in [5.41, 5.74) is 0.808. The zero-order chi connectivity index (χ0) is 24.1. The van der Waals surface area contributed by atoms with Gasteiger partial charge in [0.2, 0.25) is 0 Å². The zero-order valence-corrected chi connectivity index (χ0v) is 21.8. The number of aromatic nitrogens is 2. The van der Waals surface area contributed by atoms with Crippen LogP contribution in [0.15, 0.2) is 49.2 Å². The molecule has 1 heterocycles. The maximum atomic E-state index is 13.2. The third-order valence-electron chi connectivity index (χ3n) is 4.69. The lowest BCUT2D eigenvalue weighted by Crippen LogP contribution is -2.26. The van der Waals surface area contributed by atoms with Crippen molar-refractivity contribution in [3.63, 3.8) is 0 Å². The maximum absolute atomic E-state index is 13.2. The van der Waals surface area contributed by atoms with Gasteiger partial charge in [-0.05, 0) is 44.2 Å². The summed E-state index contributed by atoms with van der Waals surface area (Å²) in [7, 11) is 1.50. The lowest BCUT2D eigenvalue weighted by molar-refractivity contribution is -0.150. The van der Waals surface area contributed by atoms with Crippen LogP contribution in [0.5, 0.6) is 11.5 Å². The molecule has 33 heavy (non-hydrogen) atoms. The van der Waals surface area contributed by atoms with Crippen LogP contribution in [0, 0.1) is 0 Å². The second-order valence-corrected chi connectivity index (χ2v) is 8.77. The molecule has 0 unspecified atom stereocenters. The van der Waals surface area contributed by atoms with E-state index in [-0.39, 0.29) is 12.2 Å². The normalized spacial score (nSPS) is 12.2. The average molecular weight is 581 g/mol. The highest BCUT2D eigenvalue weighted by molar-refractivity contribution is 9.10. The first-order valence-corrected chi connectivity index (χ1v) is 11.8. The number of halogens is 2. The SMILES string of the molecule is CCOC(=O)[C@H](C)Oc1c(C=Nn2c(CC)nc3ccc(Br)cc3c2=O)cc(Br)cc1OC. The summed E-state index contributed by atoms with van der Waals surface area (Å²) in [4.78, 5) is 29.8. The van der Waals surface area contributed by atoms with Crippen molar-refractivity contribution in [2.45, 2.75) is 33.3 Å². The minimum Gasteiger partial charge on any atom is -0.493 e. The molecule has 8 nitrogen and oxygen atoms in total. The topological polar surface area (TPSA) is 92.0 Å². The largest absolute Gasteiger partial charge is 0.493 e. The number of esters is 1. The van der Waals surface area contributed by atoms with Crippen LogP contribution in [0.4, 0.5) is 0 Å². The third kappa shape index (κ3) is 5.62. The number of aryl methyl sites for hydroxylation is 1. The van der Waals surface area contributed by atoms with Gasteiger partial charge in [-0.25, -0.2) is 9.78 Å². The Bertz CT molecular complexity index is 1270. The number of hydrogen-bond acceptors (Lipinski definition) is 7.